The Bertz CT molecular complexity index is 1180. The number of anilines is 2. The summed E-state index contributed by atoms with van der Waals surface area (Å²) in [4.78, 5) is 5.46. The second-order valence-electron chi connectivity index (χ2n) is 6.17. The predicted octanol–water partition coefficient (Wildman–Crippen LogP) is 7.04. The lowest BCUT2D eigenvalue weighted by molar-refractivity contribution is 1.23. The average molecular weight is 451 g/mol. The van der Waals surface area contributed by atoms with Gasteiger partial charge >= 0.3 is 0 Å². The number of amidine groups is 1. The maximum Gasteiger partial charge on any atom is 0.187 e. The van der Waals surface area contributed by atoms with Gasteiger partial charge < -0.3 is 11.1 Å². The van der Waals surface area contributed by atoms with Gasteiger partial charge in [0, 0.05) is 16.6 Å². The second-order valence-corrected chi connectivity index (χ2v) is 9.16. The Labute approximate surface area is 186 Å². The molecule has 2 heterocycles. The first-order chi connectivity index (χ1) is 14.6. The summed E-state index contributed by atoms with van der Waals surface area (Å²) in [6.07, 6.45) is 2.02. The van der Waals surface area contributed by atoms with Gasteiger partial charge in [-0.05, 0) is 48.7 Å². The van der Waals surface area contributed by atoms with E-state index in [1.165, 1.54) is 22.7 Å². The van der Waals surface area contributed by atoms with E-state index in [-0.39, 0.29) is 5.84 Å². The molecule has 30 heavy (non-hydrogen) atoms. The van der Waals surface area contributed by atoms with Crippen molar-refractivity contribution in [2.75, 3.05) is 11.6 Å². The summed E-state index contributed by atoms with van der Waals surface area (Å²) in [7, 11) is 0. The average Bonchev–Trinajstić information content (AvgIpc) is 3.41. The first-order valence-corrected chi connectivity index (χ1v) is 11.9. The molecule has 9 heteroatoms. The number of nitrogens with one attached hydrogen (secondary N) is 2. The van der Waals surface area contributed by atoms with Crippen molar-refractivity contribution >= 4 is 62.5 Å². The number of hydrogen-bond donors (Lipinski definition) is 3. The van der Waals surface area contributed by atoms with Crippen LogP contribution in [0.4, 0.5) is 22.2 Å². The van der Waals surface area contributed by atoms with Crippen LogP contribution < -0.4 is 11.1 Å². The third-order valence-electron chi connectivity index (χ3n) is 4.08. The first kappa shape index (κ1) is 20.3. The van der Waals surface area contributed by atoms with Crippen molar-refractivity contribution in [3.8, 4) is 11.3 Å². The van der Waals surface area contributed by atoms with Crippen molar-refractivity contribution in [3.05, 3.63) is 70.9 Å². The molecular weight excluding hydrogens is 432 g/mol. The number of benzene rings is 2. The van der Waals surface area contributed by atoms with Gasteiger partial charge in [-0.25, -0.2) is 4.98 Å². The van der Waals surface area contributed by atoms with Crippen LogP contribution in [-0.2, 0) is 0 Å². The molecule has 2 aromatic heterocycles. The molecular formula is C21H18N6S3. The normalized spacial score (nSPS) is 11.1. The van der Waals surface area contributed by atoms with Gasteiger partial charge in [0.05, 0.1) is 26.2 Å². The number of nitrogens with two attached hydrogens (primary N) is 1. The Morgan fingerprint density at radius 1 is 1.07 bits per heavy atom. The SMILES string of the molecule is CSc1sc(C(=N)N)cc1-c1csc(Nc2ccc(N=Nc3ccccc3)cc2)n1. The largest absolute Gasteiger partial charge is 0.383 e. The molecule has 0 fully saturated rings. The molecule has 6 nitrogen and oxygen atoms in total. The quantitative estimate of drug-likeness (QED) is 0.122. The maximum atomic E-state index is 7.67. The van der Waals surface area contributed by atoms with Gasteiger partial charge in [0.15, 0.2) is 5.13 Å². The van der Waals surface area contributed by atoms with Crippen LogP contribution in [0.2, 0.25) is 0 Å². The number of aromatic nitrogens is 1. The number of azo groups is 1. The predicted molar refractivity (Wildman–Crippen MR) is 129 cm³/mol. The molecule has 0 saturated carbocycles. The molecule has 0 unspecified atom stereocenters. The Kier molecular flexibility index (Phi) is 6.22. The van der Waals surface area contributed by atoms with Crippen LogP contribution in [-0.4, -0.2) is 17.1 Å². The van der Waals surface area contributed by atoms with E-state index in [4.69, 9.17) is 16.1 Å². The van der Waals surface area contributed by atoms with E-state index in [1.54, 1.807) is 11.8 Å². The van der Waals surface area contributed by atoms with Crippen molar-refractivity contribution in [1.82, 2.24) is 4.98 Å². The monoisotopic (exact) mass is 450 g/mol. The second kappa shape index (κ2) is 9.21. The van der Waals surface area contributed by atoms with Gasteiger partial charge in [-0.15, -0.1) is 34.4 Å². The lowest BCUT2D eigenvalue weighted by Gasteiger charge is -2.02. The summed E-state index contributed by atoms with van der Waals surface area (Å²) in [5.41, 5.74) is 10.1. The van der Waals surface area contributed by atoms with Crippen LogP contribution in [0.25, 0.3) is 11.3 Å². The van der Waals surface area contributed by atoms with Crippen molar-refractivity contribution in [2.24, 2.45) is 16.0 Å². The minimum atomic E-state index is 0.0830. The highest BCUT2D eigenvalue weighted by Crippen LogP contribution is 2.39. The zero-order valence-electron chi connectivity index (χ0n) is 16.0. The van der Waals surface area contributed by atoms with E-state index in [1.807, 2.05) is 72.3 Å². The fourth-order valence-electron chi connectivity index (χ4n) is 2.64. The van der Waals surface area contributed by atoms with E-state index in [9.17, 15) is 0 Å². The van der Waals surface area contributed by atoms with Gasteiger partial charge in [0.2, 0.25) is 0 Å². The summed E-state index contributed by atoms with van der Waals surface area (Å²) >= 11 is 4.69. The van der Waals surface area contributed by atoms with Crippen molar-refractivity contribution in [2.45, 2.75) is 4.21 Å². The number of thioether (sulfide) groups is 1. The summed E-state index contributed by atoms with van der Waals surface area (Å²) < 4.78 is 1.10. The van der Waals surface area contributed by atoms with Crippen LogP contribution in [0.15, 0.2) is 80.5 Å². The third kappa shape index (κ3) is 4.76. The highest BCUT2D eigenvalue weighted by molar-refractivity contribution is 8.00. The van der Waals surface area contributed by atoms with Gasteiger partial charge in [-0.1, -0.05) is 18.2 Å². The van der Waals surface area contributed by atoms with Gasteiger partial charge in [-0.3, -0.25) is 5.41 Å². The number of thiophene rings is 1. The molecule has 0 spiro atoms. The van der Waals surface area contributed by atoms with E-state index < -0.39 is 0 Å². The van der Waals surface area contributed by atoms with Crippen molar-refractivity contribution < 1.29 is 0 Å². The first-order valence-electron chi connectivity index (χ1n) is 8.94. The summed E-state index contributed by atoms with van der Waals surface area (Å²) in [6.45, 7) is 0. The minimum absolute atomic E-state index is 0.0830. The topological polar surface area (TPSA) is 99.5 Å². The summed E-state index contributed by atoms with van der Waals surface area (Å²) in [5, 5.41) is 22.3. The van der Waals surface area contributed by atoms with Gasteiger partial charge in [0.1, 0.15) is 5.84 Å². The Hall–Kier alpha value is -3.01. The Morgan fingerprint density at radius 3 is 2.43 bits per heavy atom. The molecule has 2 aromatic carbocycles. The summed E-state index contributed by atoms with van der Waals surface area (Å²) in [6, 6.07) is 19.3. The summed E-state index contributed by atoms with van der Waals surface area (Å²) in [5.74, 6) is 0.0830. The smallest absolute Gasteiger partial charge is 0.187 e. The molecule has 0 saturated heterocycles. The third-order valence-corrected chi connectivity index (χ3v) is 7.15. The molecule has 4 N–H and O–H groups in total. The van der Waals surface area contributed by atoms with E-state index in [2.05, 4.69) is 15.5 Å². The van der Waals surface area contributed by atoms with Crippen LogP contribution in [0.5, 0.6) is 0 Å². The van der Waals surface area contributed by atoms with Gasteiger partial charge in [0.25, 0.3) is 0 Å². The molecule has 4 rings (SSSR count). The number of nitrogen functional groups attached to an aromatic ring is 1. The number of thiazole rings is 1. The van der Waals surface area contributed by atoms with E-state index in [0.717, 1.165) is 42.5 Å². The van der Waals surface area contributed by atoms with E-state index in [0.29, 0.717) is 0 Å². The van der Waals surface area contributed by atoms with Gasteiger partial charge in [-0.2, -0.15) is 10.2 Å². The fraction of sp³-hybridized carbons (Fsp3) is 0.0476. The van der Waals surface area contributed by atoms with Crippen LogP contribution in [0, 0.1) is 5.41 Å². The standard InChI is InChI=1S/C21H18N6S3/c1-28-20-16(11-18(30-20)19(22)23)17-12-29-21(25-17)24-13-7-9-15(10-8-13)27-26-14-5-3-2-4-6-14/h2-12H,1H3,(H3,22,23)(H,24,25). The Morgan fingerprint density at radius 2 is 1.77 bits per heavy atom. The fourth-order valence-corrected chi connectivity index (χ4v) is 5.11. The van der Waals surface area contributed by atoms with Crippen LogP contribution >= 0.6 is 34.4 Å². The minimum Gasteiger partial charge on any atom is -0.383 e. The van der Waals surface area contributed by atoms with Crippen LogP contribution in [0.3, 0.4) is 0 Å². The zero-order valence-corrected chi connectivity index (χ0v) is 18.4. The number of hydrogen-bond acceptors (Lipinski definition) is 8. The molecule has 0 aliphatic heterocycles. The molecule has 4 aromatic rings. The molecule has 0 amide bonds. The van der Waals surface area contributed by atoms with Crippen molar-refractivity contribution in [3.63, 3.8) is 0 Å². The molecule has 0 atom stereocenters. The lowest BCUT2D eigenvalue weighted by atomic mass is 10.2. The highest BCUT2D eigenvalue weighted by atomic mass is 32.2. The molecule has 0 radical (unpaired) electrons. The zero-order chi connectivity index (χ0) is 20.9. The Balaban J connectivity index is 1.46. The van der Waals surface area contributed by atoms with E-state index >= 15 is 0 Å². The highest BCUT2D eigenvalue weighted by Gasteiger charge is 2.15. The molecule has 0 bridgehead atoms. The molecule has 0 aliphatic carbocycles. The molecule has 150 valence electrons. The lowest BCUT2D eigenvalue weighted by Crippen LogP contribution is -2.08. The van der Waals surface area contributed by atoms with Crippen molar-refractivity contribution in [1.29, 1.82) is 5.41 Å². The number of rotatable bonds is 7. The molecule has 0 aliphatic rings. The maximum absolute atomic E-state index is 7.67. The number of nitrogens with zero attached hydrogens (tertiary/aromatic N) is 3. The van der Waals surface area contributed by atoms with Crippen LogP contribution in [0.1, 0.15) is 4.88 Å².